The topological polar surface area (TPSA) is 36.9 Å². The van der Waals surface area contributed by atoms with Crippen LogP contribution in [0.1, 0.15) is 13.8 Å². The van der Waals surface area contributed by atoms with E-state index in [-0.39, 0.29) is 268 Å². The molecule has 0 N–H and O–H groups in total. The Morgan fingerprint density at radius 2 is 1.43 bits per heavy atom. The first-order chi connectivity index (χ1) is 9.90. The molecule has 14 heteroatoms. The minimum atomic E-state index is -0.209. The second-order valence-corrected chi connectivity index (χ2v) is 6.07. The van der Waals surface area contributed by atoms with E-state index in [1.165, 1.54) is 0 Å². The molecular formula is C16H31B2O4PWY6-2. The van der Waals surface area contributed by atoms with Gasteiger partial charge in [-0.1, -0.05) is 13.8 Å². The van der Waals surface area contributed by atoms with Gasteiger partial charge in [0, 0.05) is 225 Å². The van der Waals surface area contributed by atoms with Crippen LogP contribution in [0.5, 0.6) is 0 Å². The van der Waals surface area contributed by atoms with E-state index in [4.69, 9.17) is 34.4 Å². The summed E-state index contributed by atoms with van der Waals surface area (Å²) in [5.41, 5.74) is 0. The maximum Gasteiger partial charge on any atom is 2.00 e. The minimum absolute atomic E-state index is 0. The van der Waals surface area contributed by atoms with E-state index < -0.39 is 0 Å². The van der Waals surface area contributed by atoms with Crippen LogP contribution in [0.15, 0.2) is 0 Å². The molecular weight excluding hydrogens is 1030 g/mol. The number of hydrogen-bond donors (Lipinski definition) is 0. The van der Waals surface area contributed by atoms with Crippen molar-refractivity contribution in [2.75, 3.05) is 20.4 Å². The Labute approximate surface area is 357 Å². The molecule has 0 aliphatic carbocycles. The second-order valence-electron chi connectivity index (χ2n) is 5.43. The van der Waals surface area contributed by atoms with Crippen LogP contribution in [0.3, 0.4) is 0 Å². The third-order valence-corrected chi connectivity index (χ3v) is 4.20. The summed E-state index contributed by atoms with van der Waals surface area (Å²) >= 11 is 0. The van der Waals surface area contributed by atoms with Crippen molar-refractivity contribution >= 4 is 24.5 Å². The van der Waals surface area contributed by atoms with E-state index >= 15 is 0 Å². The summed E-state index contributed by atoms with van der Waals surface area (Å²) in [6.07, 6.45) is 2.14. The summed E-state index contributed by atoms with van der Waals surface area (Å²) in [5, 5.41) is 0. The van der Waals surface area contributed by atoms with Gasteiger partial charge in [-0.05, 0) is 30.8 Å². The monoisotopic (exact) mass is 1060 g/mol. The van der Waals surface area contributed by atoms with Crippen LogP contribution >= 0.6 is 8.81 Å². The van der Waals surface area contributed by atoms with Crippen molar-refractivity contribution in [2.45, 2.75) is 44.2 Å². The first-order valence-electron chi connectivity index (χ1n) is 7.22. The standard InChI is InChI=1S/C7H13BO2P.C7H12BO2.2CH3.W.6Y/c1-4-6(10-11-3)5(2)9-7(4)8;1-5-3-6(4-9-2)10-7(5)8;;;;;;;;;/h4-7,11H,2H2,1,3H3;3,5-7H,4H2,1-2H3;2*1H3;;;;;;;/q4*-1;+2;;;;;;/t4?,5-,6?,7-;5?,6-,7+;;;;;;;;;/m10........./s1. The van der Waals surface area contributed by atoms with E-state index in [1.54, 1.807) is 7.11 Å². The molecule has 156 valence electrons. The summed E-state index contributed by atoms with van der Waals surface area (Å²) < 4.78 is 21.0. The molecule has 0 bridgehead atoms. The van der Waals surface area contributed by atoms with Crippen LogP contribution in [-0.2, 0) is 236 Å². The van der Waals surface area contributed by atoms with Gasteiger partial charge in [0.1, 0.15) is 15.7 Å². The Bertz CT molecular complexity index is 317. The molecule has 0 spiro atoms. The quantitative estimate of drug-likeness (QED) is 0.247. The van der Waals surface area contributed by atoms with E-state index in [1.807, 2.05) is 20.5 Å². The first-order valence-corrected chi connectivity index (χ1v) is 8.63. The molecule has 2 rings (SSSR count). The fraction of sp³-hybridized carbons (Fsp3) is 0.750. The third kappa shape index (κ3) is 24.7. The van der Waals surface area contributed by atoms with E-state index in [0.717, 1.165) is 0 Å². The summed E-state index contributed by atoms with van der Waals surface area (Å²) in [6, 6.07) is -0.348. The molecule has 4 nitrogen and oxygen atoms in total. The predicted octanol–water partition coefficient (Wildman–Crippen LogP) is 2.21. The van der Waals surface area contributed by atoms with E-state index in [9.17, 15) is 0 Å². The molecule has 0 aromatic carbocycles. The van der Waals surface area contributed by atoms with Crippen molar-refractivity contribution in [1.82, 2.24) is 0 Å². The smallest absolute Gasteiger partial charge is 0.417 e. The predicted molar refractivity (Wildman–Crippen MR) is 101 cm³/mol. The van der Waals surface area contributed by atoms with Gasteiger partial charge in [-0.15, -0.1) is 0 Å². The third-order valence-electron chi connectivity index (χ3n) is 3.69. The largest absolute Gasteiger partial charge is 2.00 e. The Hall–Kier alpha value is 7.71. The van der Waals surface area contributed by atoms with Crippen LogP contribution in [0.25, 0.3) is 0 Å². The van der Waals surface area contributed by atoms with Gasteiger partial charge in [0.15, 0.2) is 0 Å². The molecule has 0 aromatic rings. The van der Waals surface area contributed by atoms with Gasteiger partial charge in [-0.2, -0.15) is 5.92 Å². The van der Waals surface area contributed by atoms with Crippen molar-refractivity contribution in [3.8, 4) is 0 Å². The maximum absolute atomic E-state index is 5.65. The maximum atomic E-state index is 5.65. The van der Waals surface area contributed by atoms with Crippen molar-refractivity contribution in [3.63, 3.8) is 0 Å². The Kier molecular flexibility index (Phi) is 75.4. The molecule has 2 aliphatic heterocycles. The van der Waals surface area contributed by atoms with Crippen LogP contribution in [-0.4, -0.2) is 66.4 Å². The average Bonchev–Trinajstić information content (AvgIpc) is 2.86. The van der Waals surface area contributed by atoms with Gasteiger partial charge < -0.3 is 40.5 Å². The van der Waals surface area contributed by atoms with Gasteiger partial charge in [0.2, 0.25) is 0 Å². The Morgan fingerprint density at radius 3 is 1.70 bits per heavy atom. The number of rotatable bonds is 4. The van der Waals surface area contributed by atoms with Crippen LogP contribution in [0, 0.1) is 40.0 Å². The fourth-order valence-corrected chi connectivity index (χ4v) is 2.96. The molecule has 2 fully saturated rings. The van der Waals surface area contributed by atoms with Gasteiger partial charge in [0.25, 0.3) is 0 Å². The van der Waals surface area contributed by atoms with Crippen molar-refractivity contribution < 1.29 is 236 Å². The van der Waals surface area contributed by atoms with Gasteiger partial charge in [-0.25, -0.2) is 0 Å². The van der Waals surface area contributed by atoms with Crippen molar-refractivity contribution in [2.24, 2.45) is 11.8 Å². The van der Waals surface area contributed by atoms with Crippen molar-refractivity contribution in [1.29, 1.82) is 0 Å². The first kappa shape index (κ1) is 61.7. The summed E-state index contributed by atoms with van der Waals surface area (Å²) in [5.74, 6) is 0.602. The summed E-state index contributed by atoms with van der Waals surface area (Å²) in [4.78, 5) is 0. The second kappa shape index (κ2) is 36.7. The average molecular weight is 1060 g/mol. The van der Waals surface area contributed by atoms with Crippen LogP contribution in [0.2, 0.25) is 0 Å². The molecule has 0 amide bonds. The minimum Gasteiger partial charge on any atom is -0.417 e. The molecule has 10 radical (unpaired) electrons. The molecule has 0 saturated carbocycles. The molecule has 4 unspecified atom stereocenters. The van der Waals surface area contributed by atoms with E-state index in [0.29, 0.717) is 21.3 Å². The van der Waals surface area contributed by atoms with Crippen LogP contribution in [0.4, 0.5) is 0 Å². The SMILES string of the molecule is [B][C@@H]1O[C@H](COC)[CH-]C1C.[B][C@@H]1O[C@H]([CH2-])C(OPC)C1C.[CH3-].[CH3-].[W+2].[Y].[Y].[Y].[Y].[Y].[Y]. The number of hydrogen-bond acceptors (Lipinski definition) is 4. The van der Waals surface area contributed by atoms with Gasteiger partial charge in [0.05, 0.1) is 6.10 Å². The summed E-state index contributed by atoms with van der Waals surface area (Å²) in [7, 11) is 13.4. The number of methoxy groups -OCH3 is 1. The molecule has 8 atom stereocenters. The van der Waals surface area contributed by atoms with Crippen LogP contribution < -0.4 is 0 Å². The summed E-state index contributed by atoms with van der Waals surface area (Å²) in [6.45, 7) is 10.5. The Balaban J connectivity index is -0.0000000324. The molecule has 2 saturated heterocycles. The van der Waals surface area contributed by atoms with Gasteiger partial charge >= 0.3 is 21.1 Å². The van der Waals surface area contributed by atoms with Gasteiger partial charge in [-0.3, -0.25) is 6.42 Å². The normalized spacial score (nSPS) is 30.2. The van der Waals surface area contributed by atoms with Crippen molar-refractivity contribution in [3.05, 3.63) is 28.2 Å². The zero-order chi connectivity index (χ0) is 16.0. The number of ether oxygens (including phenoxy) is 3. The molecule has 30 heavy (non-hydrogen) atoms. The Morgan fingerprint density at radius 1 is 0.967 bits per heavy atom. The zero-order valence-corrected chi connectivity index (χ0v) is 40.2. The fourth-order valence-electron chi connectivity index (χ4n) is 2.33. The molecule has 2 aliphatic rings. The van der Waals surface area contributed by atoms with E-state index in [2.05, 4.69) is 13.3 Å². The molecule has 0 aromatic heterocycles. The molecule has 2 heterocycles. The zero-order valence-electron chi connectivity index (χ0n) is 19.2.